The summed E-state index contributed by atoms with van der Waals surface area (Å²) in [6, 6.07) is 3.36. The second kappa shape index (κ2) is 7.73. The van der Waals surface area contributed by atoms with Crippen molar-refractivity contribution < 1.29 is 18.4 Å². The molecule has 2 rings (SSSR count). The smallest absolute Gasteiger partial charge is 0.245 e. The van der Waals surface area contributed by atoms with E-state index in [2.05, 4.69) is 10.6 Å². The highest BCUT2D eigenvalue weighted by molar-refractivity contribution is 5.92. The molecule has 132 valence electrons. The van der Waals surface area contributed by atoms with E-state index in [0.29, 0.717) is 24.9 Å². The van der Waals surface area contributed by atoms with Gasteiger partial charge in [-0.25, -0.2) is 8.78 Å². The number of rotatable bonds is 6. The average Bonchev–Trinajstić information content (AvgIpc) is 2.96. The van der Waals surface area contributed by atoms with Crippen LogP contribution in [0.1, 0.15) is 57.4 Å². The van der Waals surface area contributed by atoms with Crippen LogP contribution in [0.15, 0.2) is 18.2 Å². The summed E-state index contributed by atoms with van der Waals surface area (Å²) in [7, 11) is 0. The zero-order chi connectivity index (χ0) is 17.7. The van der Waals surface area contributed by atoms with Gasteiger partial charge in [-0.15, -0.1) is 0 Å². The van der Waals surface area contributed by atoms with Crippen LogP contribution in [0.25, 0.3) is 0 Å². The Labute approximate surface area is 141 Å². The molecule has 0 aromatic heterocycles. The molecule has 0 spiro atoms. The number of hydrogen-bond donors (Lipinski definition) is 2. The molecule has 4 nitrogen and oxygen atoms in total. The van der Waals surface area contributed by atoms with Crippen LogP contribution in [0.5, 0.6) is 0 Å². The van der Waals surface area contributed by atoms with Gasteiger partial charge in [-0.05, 0) is 37.3 Å². The first kappa shape index (κ1) is 18.4. The van der Waals surface area contributed by atoms with Crippen molar-refractivity contribution in [1.82, 2.24) is 10.6 Å². The van der Waals surface area contributed by atoms with Crippen molar-refractivity contribution in [3.8, 4) is 0 Å². The SMILES string of the molecule is CCNC(=O)C1(NC(=O)C[C@@H](C)c2ccc(F)cc2F)CCCC1. The van der Waals surface area contributed by atoms with Gasteiger partial charge in [-0.3, -0.25) is 9.59 Å². The van der Waals surface area contributed by atoms with Crippen LogP contribution in [-0.2, 0) is 9.59 Å². The molecule has 1 fully saturated rings. The molecular formula is C18H24F2N2O2. The van der Waals surface area contributed by atoms with Gasteiger partial charge < -0.3 is 10.6 Å². The van der Waals surface area contributed by atoms with Crippen LogP contribution in [0.3, 0.4) is 0 Å². The lowest BCUT2D eigenvalue weighted by atomic mass is 9.93. The van der Waals surface area contributed by atoms with Crippen molar-refractivity contribution in [2.24, 2.45) is 0 Å². The minimum atomic E-state index is -0.853. The normalized spacial score (nSPS) is 17.3. The van der Waals surface area contributed by atoms with Crippen LogP contribution in [0.2, 0.25) is 0 Å². The Morgan fingerprint density at radius 2 is 1.92 bits per heavy atom. The van der Waals surface area contributed by atoms with Gasteiger partial charge in [0.2, 0.25) is 11.8 Å². The standard InChI is InChI=1S/C18H24F2N2O2/c1-3-21-17(24)18(8-4-5-9-18)22-16(23)10-12(2)14-7-6-13(19)11-15(14)20/h6-7,11-12H,3-5,8-10H2,1-2H3,(H,21,24)(H,22,23)/t12-/m1/s1. The maximum absolute atomic E-state index is 13.8. The van der Waals surface area contributed by atoms with Crippen LogP contribution in [-0.4, -0.2) is 23.9 Å². The van der Waals surface area contributed by atoms with Crippen molar-refractivity contribution >= 4 is 11.8 Å². The molecule has 1 aliphatic carbocycles. The van der Waals surface area contributed by atoms with Crippen molar-refractivity contribution in [3.05, 3.63) is 35.4 Å². The lowest BCUT2D eigenvalue weighted by molar-refractivity contribution is -0.133. The summed E-state index contributed by atoms with van der Waals surface area (Å²) in [4.78, 5) is 24.7. The van der Waals surface area contributed by atoms with Crippen molar-refractivity contribution in [2.75, 3.05) is 6.54 Å². The molecule has 24 heavy (non-hydrogen) atoms. The van der Waals surface area contributed by atoms with Crippen LogP contribution in [0.4, 0.5) is 8.78 Å². The molecule has 0 saturated heterocycles. The number of halogens is 2. The van der Waals surface area contributed by atoms with E-state index in [1.165, 1.54) is 12.1 Å². The van der Waals surface area contributed by atoms with E-state index >= 15 is 0 Å². The topological polar surface area (TPSA) is 58.2 Å². The molecule has 6 heteroatoms. The van der Waals surface area contributed by atoms with E-state index in [1.54, 1.807) is 6.92 Å². The van der Waals surface area contributed by atoms with Gasteiger partial charge in [0.25, 0.3) is 0 Å². The number of carbonyl (C=O) groups is 2. The fourth-order valence-electron chi connectivity index (χ4n) is 3.32. The summed E-state index contributed by atoms with van der Waals surface area (Å²) in [5, 5.41) is 5.64. The third-order valence-electron chi connectivity index (χ3n) is 4.59. The summed E-state index contributed by atoms with van der Waals surface area (Å²) in [6.45, 7) is 4.05. The Morgan fingerprint density at radius 1 is 1.25 bits per heavy atom. The fraction of sp³-hybridized carbons (Fsp3) is 0.556. The van der Waals surface area contributed by atoms with E-state index in [-0.39, 0.29) is 18.2 Å². The zero-order valence-electron chi connectivity index (χ0n) is 14.1. The van der Waals surface area contributed by atoms with Crippen molar-refractivity contribution in [2.45, 2.75) is 57.4 Å². The third-order valence-corrected chi connectivity index (χ3v) is 4.59. The monoisotopic (exact) mass is 338 g/mol. The Kier molecular flexibility index (Phi) is 5.91. The van der Waals surface area contributed by atoms with Gasteiger partial charge in [0, 0.05) is 19.0 Å². The number of hydrogen-bond acceptors (Lipinski definition) is 2. The van der Waals surface area contributed by atoms with E-state index in [4.69, 9.17) is 0 Å². The molecule has 1 atom stereocenters. The number of amides is 2. The number of likely N-dealkylation sites (N-methyl/N-ethyl adjacent to an activating group) is 1. The highest BCUT2D eigenvalue weighted by Gasteiger charge is 2.42. The number of benzene rings is 1. The predicted octanol–water partition coefficient (Wildman–Crippen LogP) is 3.02. The quantitative estimate of drug-likeness (QED) is 0.838. The molecule has 2 amide bonds. The largest absolute Gasteiger partial charge is 0.354 e. The predicted molar refractivity (Wildman–Crippen MR) is 87.4 cm³/mol. The van der Waals surface area contributed by atoms with Crippen molar-refractivity contribution in [1.29, 1.82) is 0 Å². The van der Waals surface area contributed by atoms with Gasteiger partial charge >= 0.3 is 0 Å². The summed E-state index contributed by atoms with van der Waals surface area (Å²) >= 11 is 0. The van der Waals surface area contributed by atoms with Gasteiger partial charge in [0.1, 0.15) is 17.2 Å². The van der Waals surface area contributed by atoms with Gasteiger partial charge in [-0.1, -0.05) is 25.8 Å². The second-order valence-corrected chi connectivity index (χ2v) is 6.47. The lowest BCUT2D eigenvalue weighted by Gasteiger charge is -2.29. The van der Waals surface area contributed by atoms with Gasteiger partial charge in [0.15, 0.2) is 0 Å². The highest BCUT2D eigenvalue weighted by Crippen LogP contribution is 2.31. The zero-order valence-corrected chi connectivity index (χ0v) is 14.1. The molecule has 2 N–H and O–H groups in total. The molecule has 0 radical (unpaired) electrons. The molecule has 0 bridgehead atoms. The maximum atomic E-state index is 13.8. The highest BCUT2D eigenvalue weighted by atomic mass is 19.1. The second-order valence-electron chi connectivity index (χ2n) is 6.47. The number of nitrogens with one attached hydrogen (secondary N) is 2. The molecule has 1 aliphatic rings. The van der Waals surface area contributed by atoms with Crippen molar-refractivity contribution in [3.63, 3.8) is 0 Å². The van der Waals surface area contributed by atoms with Gasteiger partial charge in [0.05, 0.1) is 0 Å². The molecule has 0 heterocycles. The van der Waals surface area contributed by atoms with E-state index in [1.807, 2.05) is 6.92 Å². The Hall–Kier alpha value is -1.98. The molecule has 1 saturated carbocycles. The molecule has 0 aliphatic heterocycles. The first-order valence-electron chi connectivity index (χ1n) is 8.42. The minimum Gasteiger partial charge on any atom is -0.354 e. The Bertz CT molecular complexity index is 613. The lowest BCUT2D eigenvalue weighted by Crippen LogP contribution is -2.57. The van der Waals surface area contributed by atoms with E-state index in [0.717, 1.165) is 18.9 Å². The summed E-state index contributed by atoms with van der Waals surface area (Å²) in [5.41, 5.74) is -0.557. The van der Waals surface area contributed by atoms with Crippen LogP contribution < -0.4 is 10.6 Å². The summed E-state index contributed by atoms with van der Waals surface area (Å²) in [6.07, 6.45) is 3.05. The van der Waals surface area contributed by atoms with Gasteiger partial charge in [-0.2, -0.15) is 0 Å². The van der Waals surface area contributed by atoms with E-state index < -0.39 is 23.1 Å². The van der Waals surface area contributed by atoms with E-state index in [9.17, 15) is 18.4 Å². The maximum Gasteiger partial charge on any atom is 0.245 e. The molecule has 1 aromatic rings. The Morgan fingerprint density at radius 3 is 2.50 bits per heavy atom. The fourth-order valence-corrected chi connectivity index (χ4v) is 3.32. The summed E-state index contributed by atoms with van der Waals surface area (Å²) in [5.74, 6) is -2.15. The minimum absolute atomic E-state index is 0.0453. The Balaban J connectivity index is 2.04. The first-order valence-corrected chi connectivity index (χ1v) is 8.42. The average molecular weight is 338 g/mol. The van der Waals surface area contributed by atoms with Crippen LogP contribution >= 0.6 is 0 Å². The molecule has 1 aromatic carbocycles. The summed E-state index contributed by atoms with van der Waals surface area (Å²) < 4.78 is 26.8. The molecular weight excluding hydrogens is 314 g/mol. The van der Waals surface area contributed by atoms with Crippen LogP contribution in [0, 0.1) is 11.6 Å². The first-order chi connectivity index (χ1) is 11.4. The third kappa shape index (κ3) is 4.10. The molecule has 0 unspecified atom stereocenters. The number of carbonyl (C=O) groups excluding carboxylic acids is 2.